The van der Waals surface area contributed by atoms with Crippen LogP contribution in [0.4, 0.5) is 5.69 Å². The molecule has 2 N–H and O–H groups in total. The molecule has 1 aliphatic heterocycles. The molecule has 2 unspecified atom stereocenters. The van der Waals surface area contributed by atoms with Crippen LogP contribution in [0.5, 0.6) is 0 Å². The van der Waals surface area contributed by atoms with Crippen molar-refractivity contribution >= 4 is 11.6 Å². The molecule has 0 radical (unpaired) electrons. The molecule has 4 nitrogen and oxygen atoms in total. The van der Waals surface area contributed by atoms with Crippen LogP contribution in [0.15, 0.2) is 24.3 Å². The van der Waals surface area contributed by atoms with Gasteiger partial charge in [-0.3, -0.25) is 9.69 Å². The summed E-state index contributed by atoms with van der Waals surface area (Å²) in [4.78, 5) is 16.9. The maximum atomic E-state index is 12.5. The molecular formula is C17H27N3O. The molecule has 0 saturated carbocycles. The van der Waals surface area contributed by atoms with Gasteiger partial charge in [0.25, 0.3) is 0 Å². The van der Waals surface area contributed by atoms with Crippen LogP contribution in [-0.2, 0) is 4.79 Å². The molecule has 2 atom stereocenters. The van der Waals surface area contributed by atoms with Crippen LogP contribution in [0.25, 0.3) is 0 Å². The largest absolute Gasteiger partial charge is 0.399 e. The van der Waals surface area contributed by atoms with Gasteiger partial charge in [-0.25, -0.2) is 0 Å². The molecule has 1 aliphatic rings. The Balaban J connectivity index is 1.93. The highest BCUT2D eigenvalue weighted by Gasteiger charge is 2.26. The lowest BCUT2D eigenvalue weighted by atomic mass is 9.96. The number of carbonyl (C=O) groups excluding carboxylic acids is 1. The topological polar surface area (TPSA) is 49.6 Å². The number of benzene rings is 1. The van der Waals surface area contributed by atoms with Gasteiger partial charge in [0.15, 0.2) is 0 Å². The molecule has 1 aromatic rings. The summed E-state index contributed by atoms with van der Waals surface area (Å²) in [6.07, 6.45) is 1.66. The molecular weight excluding hydrogens is 262 g/mol. The first-order valence-electron chi connectivity index (χ1n) is 7.84. The van der Waals surface area contributed by atoms with Crippen LogP contribution in [0.1, 0.15) is 38.2 Å². The predicted octanol–water partition coefficient (Wildman–Crippen LogP) is 2.32. The average Bonchev–Trinajstić information content (AvgIpc) is 2.48. The first-order valence-corrected chi connectivity index (χ1v) is 7.84. The maximum Gasteiger partial charge on any atom is 0.223 e. The van der Waals surface area contributed by atoms with E-state index in [0.29, 0.717) is 12.5 Å². The van der Waals surface area contributed by atoms with Crippen molar-refractivity contribution < 1.29 is 4.79 Å². The van der Waals surface area contributed by atoms with Crippen LogP contribution < -0.4 is 5.73 Å². The molecule has 4 heteroatoms. The number of nitrogens with two attached hydrogens (primary N) is 1. The van der Waals surface area contributed by atoms with Crippen molar-refractivity contribution in [2.75, 3.05) is 32.4 Å². The highest BCUT2D eigenvalue weighted by Crippen LogP contribution is 2.22. The number of hydrogen-bond acceptors (Lipinski definition) is 3. The average molecular weight is 289 g/mol. The van der Waals surface area contributed by atoms with Crippen LogP contribution in [0, 0.1) is 0 Å². The summed E-state index contributed by atoms with van der Waals surface area (Å²) in [6.45, 7) is 6.98. The molecule has 1 aromatic carbocycles. The van der Waals surface area contributed by atoms with E-state index in [-0.39, 0.29) is 11.8 Å². The monoisotopic (exact) mass is 289 g/mol. The predicted molar refractivity (Wildman–Crippen MR) is 87.2 cm³/mol. The number of nitrogens with zero attached hydrogens (tertiary/aromatic N) is 2. The normalized spacial score (nSPS) is 21.3. The number of anilines is 1. The fraction of sp³-hybridized carbons (Fsp3) is 0.588. The van der Waals surface area contributed by atoms with Crippen molar-refractivity contribution in [2.24, 2.45) is 0 Å². The van der Waals surface area contributed by atoms with E-state index in [2.05, 4.69) is 25.8 Å². The summed E-state index contributed by atoms with van der Waals surface area (Å²) in [5, 5.41) is 0. The third-order valence-electron chi connectivity index (χ3n) is 4.59. The Kier molecular flexibility index (Phi) is 5.23. The Morgan fingerprint density at radius 2 is 2.00 bits per heavy atom. The van der Waals surface area contributed by atoms with E-state index in [1.54, 1.807) is 0 Å². The van der Waals surface area contributed by atoms with Crippen molar-refractivity contribution in [3.63, 3.8) is 0 Å². The van der Waals surface area contributed by atoms with Crippen molar-refractivity contribution in [1.82, 2.24) is 9.80 Å². The molecule has 0 bridgehead atoms. The van der Waals surface area contributed by atoms with E-state index in [9.17, 15) is 4.79 Å². The Morgan fingerprint density at radius 3 is 2.62 bits per heavy atom. The lowest BCUT2D eigenvalue weighted by molar-refractivity contribution is -0.134. The Labute approximate surface area is 127 Å². The summed E-state index contributed by atoms with van der Waals surface area (Å²) < 4.78 is 0. The van der Waals surface area contributed by atoms with Crippen molar-refractivity contribution in [3.05, 3.63) is 29.8 Å². The number of likely N-dealkylation sites (N-methyl/N-ethyl adjacent to an activating group) is 1. The van der Waals surface area contributed by atoms with Gasteiger partial charge < -0.3 is 10.6 Å². The Morgan fingerprint density at radius 1 is 1.33 bits per heavy atom. The van der Waals surface area contributed by atoms with Crippen LogP contribution >= 0.6 is 0 Å². The fourth-order valence-electron chi connectivity index (χ4n) is 2.95. The van der Waals surface area contributed by atoms with Gasteiger partial charge in [-0.1, -0.05) is 26.0 Å². The fourth-order valence-corrected chi connectivity index (χ4v) is 2.95. The SMILES string of the molecule is CCC1CN(C(=O)CC(C)c2ccc(N)cc2)CCN1C. The lowest BCUT2D eigenvalue weighted by Crippen LogP contribution is -2.53. The molecule has 0 aliphatic carbocycles. The van der Waals surface area contributed by atoms with Gasteiger partial charge in [-0.15, -0.1) is 0 Å². The van der Waals surface area contributed by atoms with Gasteiger partial charge in [0.05, 0.1) is 0 Å². The van der Waals surface area contributed by atoms with E-state index in [1.807, 2.05) is 29.2 Å². The molecule has 2 rings (SSSR count). The number of piperazine rings is 1. The molecule has 1 fully saturated rings. The van der Waals surface area contributed by atoms with Crippen molar-refractivity contribution in [1.29, 1.82) is 0 Å². The van der Waals surface area contributed by atoms with Crippen molar-refractivity contribution in [3.8, 4) is 0 Å². The maximum absolute atomic E-state index is 12.5. The minimum absolute atomic E-state index is 0.234. The second-order valence-electron chi connectivity index (χ2n) is 6.15. The van der Waals surface area contributed by atoms with E-state index in [4.69, 9.17) is 5.73 Å². The highest BCUT2D eigenvalue weighted by molar-refractivity contribution is 5.77. The van der Waals surface area contributed by atoms with E-state index < -0.39 is 0 Å². The highest BCUT2D eigenvalue weighted by atomic mass is 16.2. The Hall–Kier alpha value is -1.55. The summed E-state index contributed by atoms with van der Waals surface area (Å²) in [7, 11) is 2.15. The van der Waals surface area contributed by atoms with E-state index in [0.717, 1.165) is 31.7 Å². The molecule has 0 aromatic heterocycles. The summed E-state index contributed by atoms with van der Waals surface area (Å²) >= 11 is 0. The molecule has 1 heterocycles. The van der Waals surface area contributed by atoms with Gasteiger partial charge in [-0.2, -0.15) is 0 Å². The summed E-state index contributed by atoms with van der Waals surface area (Å²) in [6, 6.07) is 8.34. The van der Waals surface area contributed by atoms with Crippen LogP contribution in [0.2, 0.25) is 0 Å². The van der Waals surface area contributed by atoms with Crippen LogP contribution in [0.3, 0.4) is 0 Å². The number of amides is 1. The van der Waals surface area contributed by atoms with Gasteiger partial charge in [0.1, 0.15) is 0 Å². The van der Waals surface area contributed by atoms with Gasteiger partial charge in [0, 0.05) is 37.8 Å². The smallest absolute Gasteiger partial charge is 0.223 e. The number of hydrogen-bond donors (Lipinski definition) is 1. The number of carbonyl (C=O) groups is 1. The number of rotatable bonds is 4. The second-order valence-corrected chi connectivity index (χ2v) is 6.15. The molecule has 21 heavy (non-hydrogen) atoms. The molecule has 0 spiro atoms. The van der Waals surface area contributed by atoms with E-state index >= 15 is 0 Å². The zero-order valence-electron chi connectivity index (χ0n) is 13.4. The van der Waals surface area contributed by atoms with Gasteiger partial charge >= 0.3 is 0 Å². The Bertz CT molecular complexity index is 471. The third kappa shape index (κ3) is 3.97. The quantitative estimate of drug-likeness (QED) is 0.865. The van der Waals surface area contributed by atoms with Gasteiger partial charge in [-0.05, 0) is 37.1 Å². The lowest BCUT2D eigenvalue weighted by Gasteiger charge is -2.39. The third-order valence-corrected chi connectivity index (χ3v) is 4.59. The summed E-state index contributed by atoms with van der Waals surface area (Å²) in [5.41, 5.74) is 7.65. The van der Waals surface area contributed by atoms with Gasteiger partial charge in [0.2, 0.25) is 5.91 Å². The standard InChI is InChI=1S/C17H27N3O/c1-4-16-12-20(10-9-19(16)3)17(21)11-13(2)14-5-7-15(18)8-6-14/h5-8,13,16H,4,9-12,18H2,1-3H3. The zero-order chi connectivity index (χ0) is 15.4. The molecule has 1 saturated heterocycles. The number of nitrogen functional groups attached to an aromatic ring is 1. The minimum atomic E-state index is 0.234. The first kappa shape index (κ1) is 15.8. The van der Waals surface area contributed by atoms with Crippen LogP contribution in [-0.4, -0.2) is 48.4 Å². The second kappa shape index (κ2) is 6.94. The zero-order valence-corrected chi connectivity index (χ0v) is 13.4. The molecule has 116 valence electrons. The van der Waals surface area contributed by atoms with Crippen molar-refractivity contribution in [2.45, 2.75) is 38.6 Å². The first-order chi connectivity index (χ1) is 10.0. The summed E-state index contributed by atoms with van der Waals surface area (Å²) in [5.74, 6) is 0.503. The minimum Gasteiger partial charge on any atom is -0.399 e. The molecule has 1 amide bonds. The van der Waals surface area contributed by atoms with E-state index in [1.165, 1.54) is 5.56 Å².